The standard InChI is InChI=1S/C17H14ClN3O3S/c1-9-2-4-11-13(8-19)17(25-15(11)6-9)20-16(22)12-5-3-10(21(23)24)7-14(12)18/h3,5,7,9H,2,4,6H2,1H3,(H,20,22). The molecule has 1 aliphatic rings. The van der Waals surface area contributed by atoms with Crippen LogP contribution in [0.1, 0.15) is 39.7 Å². The van der Waals surface area contributed by atoms with Crippen molar-refractivity contribution >= 4 is 39.5 Å². The number of rotatable bonds is 3. The summed E-state index contributed by atoms with van der Waals surface area (Å²) in [6, 6.07) is 5.88. The molecule has 0 aliphatic heterocycles. The molecule has 2 aromatic rings. The number of amides is 1. The van der Waals surface area contributed by atoms with Gasteiger partial charge in [-0.25, -0.2) is 0 Å². The third kappa shape index (κ3) is 3.36. The average Bonchev–Trinajstić information content (AvgIpc) is 2.90. The molecule has 1 unspecified atom stereocenters. The first-order valence-electron chi connectivity index (χ1n) is 7.70. The van der Waals surface area contributed by atoms with E-state index in [-0.39, 0.29) is 16.3 Å². The smallest absolute Gasteiger partial charge is 0.270 e. The van der Waals surface area contributed by atoms with Gasteiger partial charge in [-0.05, 0) is 36.8 Å². The third-order valence-electron chi connectivity index (χ3n) is 4.26. The summed E-state index contributed by atoms with van der Waals surface area (Å²) in [6.07, 6.45) is 2.77. The summed E-state index contributed by atoms with van der Waals surface area (Å²) >= 11 is 7.42. The number of nitro groups is 1. The minimum atomic E-state index is -0.574. The molecule has 1 aromatic heterocycles. The maximum atomic E-state index is 12.5. The van der Waals surface area contributed by atoms with Crippen LogP contribution in [0.4, 0.5) is 10.7 Å². The van der Waals surface area contributed by atoms with Gasteiger partial charge in [0, 0.05) is 17.0 Å². The van der Waals surface area contributed by atoms with Crippen LogP contribution in [-0.4, -0.2) is 10.8 Å². The van der Waals surface area contributed by atoms with Crippen LogP contribution in [0.25, 0.3) is 0 Å². The first kappa shape index (κ1) is 17.4. The molecular formula is C17H14ClN3O3S. The highest BCUT2D eigenvalue weighted by molar-refractivity contribution is 7.16. The molecule has 8 heteroatoms. The van der Waals surface area contributed by atoms with Crippen molar-refractivity contribution in [1.82, 2.24) is 0 Å². The number of nitrogens with one attached hydrogen (secondary N) is 1. The van der Waals surface area contributed by atoms with Gasteiger partial charge in [-0.2, -0.15) is 5.26 Å². The largest absolute Gasteiger partial charge is 0.312 e. The molecule has 0 fully saturated rings. The number of carbonyl (C=O) groups is 1. The first-order chi connectivity index (χ1) is 11.9. The maximum absolute atomic E-state index is 12.5. The normalized spacial score (nSPS) is 16.0. The monoisotopic (exact) mass is 375 g/mol. The lowest BCUT2D eigenvalue weighted by Gasteiger charge is -2.17. The van der Waals surface area contributed by atoms with Gasteiger partial charge < -0.3 is 5.32 Å². The molecule has 1 heterocycles. The Morgan fingerprint density at radius 2 is 2.28 bits per heavy atom. The molecule has 1 amide bonds. The number of carbonyl (C=O) groups excluding carboxylic acids is 1. The van der Waals surface area contributed by atoms with Crippen LogP contribution in [0.5, 0.6) is 0 Å². The van der Waals surface area contributed by atoms with Gasteiger partial charge in [-0.3, -0.25) is 14.9 Å². The Labute approximate surface area is 153 Å². The molecule has 0 radical (unpaired) electrons. The molecule has 1 atom stereocenters. The fourth-order valence-corrected chi connectivity index (χ4v) is 4.55. The molecule has 0 saturated carbocycles. The van der Waals surface area contributed by atoms with Gasteiger partial charge in [0.2, 0.25) is 0 Å². The molecule has 1 aromatic carbocycles. The summed E-state index contributed by atoms with van der Waals surface area (Å²) < 4.78 is 0. The second kappa shape index (κ2) is 6.82. The molecule has 6 nitrogen and oxygen atoms in total. The van der Waals surface area contributed by atoms with E-state index < -0.39 is 10.8 Å². The number of benzene rings is 1. The number of thiophene rings is 1. The van der Waals surface area contributed by atoms with E-state index in [1.54, 1.807) is 0 Å². The van der Waals surface area contributed by atoms with E-state index in [1.807, 2.05) is 0 Å². The predicted octanol–water partition coefficient (Wildman–Crippen LogP) is 4.56. The highest BCUT2D eigenvalue weighted by atomic mass is 35.5. The van der Waals surface area contributed by atoms with Crippen molar-refractivity contribution in [1.29, 1.82) is 5.26 Å². The SMILES string of the molecule is CC1CCc2c(sc(NC(=O)c3ccc([N+](=O)[O-])cc3Cl)c2C#N)C1. The Hall–Kier alpha value is -2.43. The number of nitrogens with zero attached hydrogens (tertiary/aromatic N) is 2. The molecule has 1 N–H and O–H groups in total. The zero-order valence-electron chi connectivity index (χ0n) is 13.3. The van der Waals surface area contributed by atoms with Crippen LogP contribution in [0.3, 0.4) is 0 Å². The van der Waals surface area contributed by atoms with Crippen molar-refractivity contribution in [2.75, 3.05) is 5.32 Å². The van der Waals surface area contributed by atoms with E-state index in [4.69, 9.17) is 11.6 Å². The first-order valence-corrected chi connectivity index (χ1v) is 8.90. The summed E-state index contributed by atoms with van der Waals surface area (Å²) in [6.45, 7) is 2.17. The fraction of sp³-hybridized carbons (Fsp3) is 0.294. The van der Waals surface area contributed by atoms with Crippen LogP contribution >= 0.6 is 22.9 Å². The molecule has 0 spiro atoms. The van der Waals surface area contributed by atoms with E-state index in [9.17, 15) is 20.2 Å². The number of nitriles is 1. The molecule has 128 valence electrons. The molecular weight excluding hydrogens is 362 g/mol. The van der Waals surface area contributed by atoms with E-state index in [0.29, 0.717) is 16.5 Å². The summed E-state index contributed by atoms with van der Waals surface area (Å²) in [4.78, 5) is 23.8. The molecule has 0 saturated heterocycles. The Kier molecular flexibility index (Phi) is 4.75. The topological polar surface area (TPSA) is 96.0 Å². The molecule has 1 aliphatic carbocycles. The maximum Gasteiger partial charge on any atom is 0.270 e. The summed E-state index contributed by atoms with van der Waals surface area (Å²) in [5, 5.41) is 23.5. The van der Waals surface area contributed by atoms with Crippen LogP contribution in [-0.2, 0) is 12.8 Å². The minimum absolute atomic E-state index is 0.000138. The Bertz CT molecular complexity index is 917. The van der Waals surface area contributed by atoms with Crippen molar-refractivity contribution in [3.63, 3.8) is 0 Å². The number of halogens is 1. The lowest BCUT2D eigenvalue weighted by Crippen LogP contribution is -2.13. The lowest BCUT2D eigenvalue weighted by atomic mass is 9.88. The zero-order valence-corrected chi connectivity index (χ0v) is 14.9. The van der Waals surface area contributed by atoms with Crippen molar-refractivity contribution < 1.29 is 9.72 Å². The van der Waals surface area contributed by atoms with E-state index in [2.05, 4.69) is 18.3 Å². The zero-order chi connectivity index (χ0) is 18.1. The number of hydrogen-bond acceptors (Lipinski definition) is 5. The van der Waals surface area contributed by atoms with E-state index >= 15 is 0 Å². The summed E-state index contributed by atoms with van der Waals surface area (Å²) in [5.74, 6) is 0.0772. The second-order valence-corrected chi connectivity index (χ2v) is 7.56. The third-order valence-corrected chi connectivity index (χ3v) is 5.74. The Morgan fingerprint density at radius 3 is 2.92 bits per heavy atom. The van der Waals surface area contributed by atoms with Gasteiger partial charge in [0.25, 0.3) is 11.6 Å². The summed E-state index contributed by atoms with van der Waals surface area (Å²) in [7, 11) is 0. The van der Waals surface area contributed by atoms with Gasteiger partial charge in [-0.1, -0.05) is 18.5 Å². The second-order valence-electron chi connectivity index (χ2n) is 6.04. The molecule has 3 rings (SSSR count). The van der Waals surface area contributed by atoms with Gasteiger partial charge in [0.15, 0.2) is 0 Å². The van der Waals surface area contributed by atoms with Gasteiger partial charge in [-0.15, -0.1) is 11.3 Å². The minimum Gasteiger partial charge on any atom is -0.312 e. The number of fused-ring (bicyclic) bond motifs is 1. The quantitative estimate of drug-likeness (QED) is 0.628. The van der Waals surface area contributed by atoms with Crippen molar-refractivity contribution in [3.8, 4) is 6.07 Å². The van der Waals surface area contributed by atoms with Crippen LogP contribution in [0.15, 0.2) is 18.2 Å². The average molecular weight is 376 g/mol. The number of non-ortho nitro benzene ring substituents is 1. The highest BCUT2D eigenvalue weighted by Crippen LogP contribution is 2.39. The van der Waals surface area contributed by atoms with Crippen LogP contribution < -0.4 is 5.32 Å². The Balaban J connectivity index is 1.89. The molecule has 25 heavy (non-hydrogen) atoms. The van der Waals surface area contributed by atoms with Gasteiger partial charge in [0.05, 0.1) is 21.1 Å². The van der Waals surface area contributed by atoms with Crippen LogP contribution in [0, 0.1) is 27.4 Å². The van der Waals surface area contributed by atoms with Crippen LogP contribution in [0.2, 0.25) is 5.02 Å². The number of nitro benzene ring substituents is 1. The molecule has 0 bridgehead atoms. The number of hydrogen-bond donors (Lipinski definition) is 1. The van der Waals surface area contributed by atoms with E-state index in [1.165, 1.54) is 23.5 Å². The van der Waals surface area contributed by atoms with Gasteiger partial charge in [0.1, 0.15) is 11.1 Å². The summed E-state index contributed by atoms with van der Waals surface area (Å²) in [5.41, 5.74) is 1.49. The van der Waals surface area contributed by atoms with E-state index in [0.717, 1.165) is 35.8 Å². The number of anilines is 1. The van der Waals surface area contributed by atoms with Crippen molar-refractivity contribution in [3.05, 3.63) is 54.9 Å². The fourth-order valence-electron chi connectivity index (χ4n) is 2.93. The highest BCUT2D eigenvalue weighted by Gasteiger charge is 2.25. The predicted molar refractivity (Wildman–Crippen MR) is 96.3 cm³/mol. The lowest BCUT2D eigenvalue weighted by molar-refractivity contribution is -0.384. The van der Waals surface area contributed by atoms with Crippen molar-refractivity contribution in [2.45, 2.75) is 26.2 Å². The Morgan fingerprint density at radius 1 is 1.52 bits per heavy atom. The van der Waals surface area contributed by atoms with Crippen molar-refractivity contribution in [2.24, 2.45) is 5.92 Å². The van der Waals surface area contributed by atoms with Gasteiger partial charge >= 0.3 is 0 Å².